The molecule has 3 aromatic rings. The largest absolute Gasteiger partial charge is 0.491 e. The number of nitrogens with zero attached hydrogens (tertiary/aromatic N) is 3. The zero-order chi connectivity index (χ0) is 18.7. The van der Waals surface area contributed by atoms with Crippen molar-refractivity contribution in [2.45, 2.75) is 19.6 Å². The molecule has 0 amide bonds. The Hall–Kier alpha value is -3.26. The lowest BCUT2D eigenvalue weighted by molar-refractivity contribution is -0.384. The van der Waals surface area contributed by atoms with Crippen molar-refractivity contribution in [2.75, 3.05) is 6.61 Å². The summed E-state index contributed by atoms with van der Waals surface area (Å²) in [7, 11) is 0. The predicted molar refractivity (Wildman–Crippen MR) is 95.3 cm³/mol. The first-order valence-electron chi connectivity index (χ1n) is 7.95. The van der Waals surface area contributed by atoms with Gasteiger partial charge in [-0.3, -0.25) is 19.5 Å². The highest BCUT2D eigenvalue weighted by Crippen LogP contribution is 2.16. The predicted octanol–water partition coefficient (Wildman–Crippen LogP) is 2.05. The molecule has 0 radical (unpaired) electrons. The van der Waals surface area contributed by atoms with Gasteiger partial charge >= 0.3 is 0 Å². The van der Waals surface area contributed by atoms with E-state index in [4.69, 9.17) is 4.74 Å². The number of nitro groups is 1. The quantitative estimate of drug-likeness (QED) is 0.536. The first-order valence-corrected chi connectivity index (χ1v) is 7.95. The van der Waals surface area contributed by atoms with E-state index in [2.05, 4.69) is 4.98 Å². The number of aliphatic hydroxyl groups excluding tert-OH is 1. The number of hydrogen-bond donors (Lipinski definition) is 1. The minimum atomic E-state index is -0.939. The van der Waals surface area contributed by atoms with E-state index >= 15 is 0 Å². The second kappa shape index (κ2) is 7.32. The molecule has 1 N–H and O–H groups in total. The van der Waals surface area contributed by atoms with Crippen molar-refractivity contribution < 1.29 is 14.8 Å². The number of aliphatic hydroxyl groups is 1. The maximum atomic E-state index is 12.5. The molecule has 1 atom stereocenters. The summed E-state index contributed by atoms with van der Waals surface area (Å²) in [5, 5.41) is 21.2. The Morgan fingerprint density at radius 1 is 1.31 bits per heavy atom. The van der Waals surface area contributed by atoms with Gasteiger partial charge in [0.1, 0.15) is 18.5 Å². The Bertz CT molecular complexity index is 1020. The van der Waals surface area contributed by atoms with Crippen LogP contribution in [0.1, 0.15) is 5.56 Å². The van der Waals surface area contributed by atoms with Crippen molar-refractivity contribution in [3.63, 3.8) is 0 Å². The van der Waals surface area contributed by atoms with Crippen LogP contribution in [0.15, 0.2) is 53.6 Å². The van der Waals surface area contributed by atoms with Gasteiger partial charge in [-0.05, 0) is 30.7 Å². The molecule has 134 valence electrons. The molecule has 3 rings (SSSR count). The van der Waals surface area contributed by atoms with Crippen LogP contribution in [0.5, 0.6) is 5.75 Å². The molecule has 0 unspecified atom stereocenters. The summed E-state index contributed by atoms with van der Waals surface area (Å²) >= 11 is 0. The summed E-state index contributed by atoms with van der Waals surface area (Å²) in [5.74, 6) is 0.628. The highest BCUT2D eigenvalue weighted by atomic mass is 16.6. The standard InChI is InChI=1S/C18H17N3O5/c1-12-3-2-4-15(7-12)26-10-14(22)9-20-11-19-17-6-5-13(21(24)25)8-16(17)18(20)23/h2-8,11,14,22H,9-10H2,1H3/t14-/m0/s1. The number of non-ortho nitro benzene ring substituents is 1. The molecular formula is C18H17N3O5. The molecule has 0 saturated heterocycles. The lowest BCUT2D eigenvalue weighted by atomic mass is 10.2. The molecule has 1 aromatic heterocycles. The molecule has 26 heavy (non-hydrogen) atoms. The summed E-state index contributed by atoms with van der Waals surface area (Å²) < 4.78 is 6.74. The van der Waals surface area contributed by atoms with Crippen molar-refractivity contribution in [1.29, 1.82) is 0 Å². The smallest absolute Gasteiger partial charge is 0.270 e. The van der Waals surface area contributed by atoms with Crippen molar-refractivity contribution >= 4 is 16.6 Å². The van der Waals surface area contributed by atoms with Gasteiger partial charge in [0, 0.05) is 12.1 Å². The lowest BCUT2D eigenvalue weighted by Gasteiger charge is -2.14. The van der Waals surface area contributed by atoms with Crippen LogP contribution in [0.4, 0.5) is 5.69 Å². The molecule has 0 fully saturated rings. The molecule has 0 aliphatic heterocycles. The second-order valence-corrected chi connectivity index (χ2v) is 5.94. The highest BCUT2D eigenvalue weighted by molar-refractivity contribution is 5.79. The maximum Gasteiger partial charge on any atom is 0.270 e. The van der Waals surface area contributed by atoms with Gasteiger partial charge in [0.25, 0.3) is 11.2 Å². The Morgan fingerprint density at radius 2 is 2.12 bits per heavy atom. The van der Waals surface area contributed by atoms with Gasteiger partial charge < -0.3 is 9.84 Å². The Labute approximate surface area is 148 Å². The van der Waals surface area contributed by atoms with E-state index in [1.54, 1.807) is 6.07 Å². The zero-order valence-corrected chi connectivity index (χ0v) is 14.0. The number of aromatic nitrogens is 2. The van der Waals surface area contributed by atoms with E-state index in [1.165, 1.54) is 29.1 Å². The SMILES string of the molecule is Cc1cccc(OC[C@@H](O)Cn2cnc3ccc([N+](=O)[O-])cc3c2=O)c1. The molecule has 0 aliphatic rings. The van der Waals surface area contributed by atoms with Gasteiger partial charge in [-0.2, -0.15) is 0 Å². The third-order valence-corrected chi connectivity index (χ3v) is 3.86. The highest BCUT2D eigenvalue weighted by Gasteiger charge is 2.13. The van der Waals surface area contributed by atoms with E-state index in [-0.39, 0.29) is 24.2 Å². The van der Waals surface area contributed by atoms with Gasteiger partial charge in [0.15, 0.2) is 0 Å². The van der Waals surface area contributed by atoms with E-state index < -0.39 is 16.6 Å². The maximum absolute atomic E-state index is 12.5. The van der Waals surface area contributed by atoms with Crippen LogP contribution in [0.2, 0.25) is 0 Å². The summed E-state index contributed by atoms with van der Waals surface area (Å²) in [6, 6.07) is 11.3. The first kappa shape index (κ1) is 17.6. The number of rotatable bonds is 6. The summed E-state index contributed by atoms with van der Waals surface area (Å²) in [6.07, 6.45) is 0.373. The van der Waals surface area contributed by atoms with Crippen LogP contribution in [-0.4, -0.2) is 32.3 Å². The molecular weight excluding hydrogens is 338 g/mol. The fraction of sp³-hybridized carbons (Fsp3) is 0.222. The van der Waals surface area contributed by atoms with Gasteiger partial charge in [-0.15, -0.1) is 0 Å². The molecule has 0 saturated carbocycles. The Balaban J connectivity index is 1.76. The zero-order valence-electron chi connectivity index (χ0n) is 14.0. The molecule has 2 aromatic carbocycles. The van der Waals surface area contributed by atoms with E-state index in [9.17, 15) is 20.0 Å². The average molecular weight is 355 g/mol. The second-order valence-electron chi connectivity index (χ2n) is 5.94. The van der Waals surface area contributed by atoms with Crippen molar-refractivity contribution in [3.8, 4) is 5.75 Å². The van der Waals surface area contributed by atoms with Crippen LogP contribution in [0.25, 0.3) is 10.9 Å². The van der Waals surface area contributed by atoms with Gasteiger partial charge in [0.05, 0.1) is 28.7 Å². The fourth-order valence-electron chi connectivity index (χ4n) is 2.57. The van der Waals surface area contributed by atoms with Crippen LogP contribution in [0.3, 0.4) is 0 Å². The molecule has 8 nitrogen and oxygen atoms in total. The first-order chi connectivity index (χ1) is 12.4. The molecule has 1 heterocycles. The van der Waals surface area contributed by atoms with Gasteiger partial charge in [0.2, 0.25) is 0 Å². The van der Waals surface area contributed by atoms with Crippen molar-refractivity contribution in [1.82, 2.24) is 9.55 Å². The fourth-order valence-corrected chi connectivity index (χ4v) is 2.57. The van der Waals surface area contributed by atoms with E-state index in [1.807, 2.05) is 25.1 Å². The summed E-state index contributed by atoms with van der Waals surface area (Å²) in [6.45, 7) is 1.90. The lowest BCUT2D eigenvalue weighted by Crippen LogP contribution is -2.30. The van der Waals surface area contributed by atoms with Crippen LogP contribution >= 0.6 is 0 Å². The monoisotopic (exact) mass is 355 g/mol. The van der Waals surface area contributed by atoms with Gasteiger partial charge in [-0.25, -0.2) is 4.98 Å². The minimum Gasteiger partial charge on any atom is -0.491 e. The number of fused-ring (bicyclic) bond motifs is 1. The number of hydrogen-bond acceptors (Lipinski definition) is 6. The number of ether oxygens (including phenoxy) is 1. The number of nitro benzene ring substituents is 1. The summed E-state index contributed by atoms with van der Waals surface area (Å²) in [5.41, 5.74) is 0.765. The van der Waals surface area contributed by atoms with Crippen LogP contribution in [-0.2, 0) is 6.54 Å². The topological polar surface area (TPSA) is 107 Å². The van der Waals surface area contributed by atoms with Gasteiger partial charge in [-0.1, -0.05) is 12.1 Å². The Morgan fingerprint density at radius 3 is 2.85 bits per heavy atom. The normalized spacial score (nSPS) is 12.1. The Kier molecular flexibility index (Phi) is 4.94. The summed E-state index contributed by atoms with van der Waals surface area (Å²) in [4.78, 5) is 26.9. The van der Waals surface area contributed by atoms with E-state index in [0.717, 1.165) is 5.56 Å². The molecule has 0 aliphatic carbocycles. The van der Waals surface area contributed by atoms with Crippen molar-refractivity contribution in [2.24, 2.45) is 0 Å². The molecule has 0 bridgehead atoms. The average Bonchev–Trinajstić information content (AvgIpc) is 2.62. The van der Waals surface area contributed by atoms with Crippen LogP contribution < -0.4 is 10.3 Å². The van der Waals surface area contributed by atoms with E-state index in [0.29, 0.717) is 11.3 Å². The number of aryl methyl sites for hydroxylation is 1. The number of benzene rings is 2. The van der Waals surface area contributed by atoms with Crippen molar-refractivity contribution in [3.05, 3.63) is 74.8 Å². The molecule has 8 heteroatoms. The third kappa shape index (κ3) is 3.86. The molecule has 0 spiro atoms. The third-order valence-electron chi connectivity index (χ3n) is 3.86. The van der Waals surface area contributed by atoms with Crippen LogP contribution in [0, 0.1) is 17.0 Å². The minimum absolute atomic E-state index is 0.00285.